The summed E-state index contributed by atoms with van der Waals surface area (Å²) in [6, 6.07) is 4.42. The molecule has 0 saturated carbocycles. The number of pyridine rings is 1. The van der Waals surface area contributed by atoms with Gasteiger partial charge in [-0.25, -0.2) is 0 Å². The average molecular weight is 231 g/mol. The molecule has 1 fully saturated rings. The van der Waals surface area contributed by atoms with Crippen LogP contribution < -0.4 is 5.32 Å². The topological polar surface area (TPSA) is 57.9 Å². The fraction of sp³-hybridized carbons (Fsp3) is 0.538. The Hall–Kier alpha value is -1.60. The van der Waals surface area contributed by atoms with Gasteiger partial charge >= 0.3 is 0 Å². The van der Waals surface area contributed by atoms with Gasteiger partial charge in [0.05, 0.1) is 29.1 Å². The molecular formula is C13H17N3O. The van der Waals surface area contributed by atoms with Crippen LogP contribution >= 0.6 is 0 Å². The Morgan fingerprint density at radius 2 is 2.29 bits per heavy atom. The molecule has 0 spiro atoms. The Labute approximate surface area is 102 Å². The number of ether oxygens (including phenoxy) is 1. The first-order valence-corrected chi connectivity index (χ1v) is 5.88. The van der Waals surface area contributed by atoms with Crippen molar-refractivity contribution in [3.8, 4) is 6.07 Å². The van der Waals surface area contributed by atoms with Gasteiger partial charge in [0.25, 0.3) is 0 Å². The summed E-state index contributed by atoms with van der Waals surface area (Å²) in [5, 5.41) is 12.6. The third-order valence-corrected chi connectivity index (χ3v) is 3.16. The van der Waals surface area contributed by atoms with E-state index < -0.39 is 0 Å². The summed E-state index contributed by atoms with van der Waals surface area (Å²) in [5.41, 5.74) is 3.21. The number of anilines is 1. The maximum atomic E-state index is 9.17. The summed E-state index contributed by atoms with van der Waals surface area (Å²) in [5.74, 6) is 0. The monoisotopic (exact) mass is 231 g/mol. The van der Waals surface area contributed by atoms with E-state index in [4.69, 9.17) is 10.00 Å². The largest absolute Gasteiger partial charge is 0.378 e. The molecule has 1 aromatic rings. The Balaban J connectivity index is 2.29. The van der Waals surface area contributed by atoms with Gasteiger partial charge in [-0.1, -0.05) is 0 Å². The second-order valence-electron chi connectivity index (χ2n) is 4.50. The standard InChI is InChI=1S/C13H17N3O/c1-8-6-13(11(7-14)9(2)15-8)16-12-4-5-17-10(12)3/h6,10,12H,4-5H2,1-3H3,(H,15,16). The molecule has 4 heteroatoms. The van der Waals surface area contributed by atoms with Crippen molar-refractivity contribution < 1.29 is 4.74 Å². The molecule has 1 saturated heterocycles. The number of nitriles is 1. The minimum absolute atomic E-state index is 0.190. The van der Waals surface area contributed by atoms with Crippen molar-refractivity contribution in [3.63, 3.8) is 0 Å². The SMILES string of the molecule is Cc1cc(NC2CCOC2C)c(C#N)c(C)n1. The molecule has 0 radical (unpaired) electrons. The van der Waals surface area contributed by atoms with E-state index in [9.17, 15) is 0 Å². The molecule has 17 heavy (non-hydrogen) atoms. The molecule has 1 aromatic heterocycles. The lowest BCUT2D eigenvalue weighted by atomic mass is 10.1. The molecule has 2 atom stereocenters. The second-order valence-corrected chi connectivity index (χ2v) is 4.50. The van der Waals surface area contributed by atoms with E-state index >= 15 is 0 Å². The van der Waals surface area contributed by atoms with E-state index in [1.165, 1.54) is 0 Å². The van der Waals surface area contributed by atoms with Crippen molar-refractivity contribution in [1.29, 1.82) is 5.26 Å². The maximum Gasteiger partial charge on any atom is 0.103 e. The van der Waals surface area contributed by atoms with Gasteiger partial charge in [-0.15, -0.1) is 0 Å². The zero-order valence-electron chi connectivity index (χ0n) is 10.4. The van der Waals surface area contributed by atoms with Gasteiger partial charge in [0.15, 0.2) is 0 Å². The molecule has 0 bridgehead atoms. The van der Waals surface area contributed by atoms with Crippen LogP contribution in [0.4, 0.5) is 5.69 Å². The van der Waals surface area contributed by atoms with Gasteiger partial charge in [0.2, 0.25) is 0 Å². The fourth-order valence-corrected chi connectivity index (χ4v) is 2.20. The number of nitrogens with one attached hydrogen (secondary N) is 1. The number of aromatic nitrogens is 1. The molecule has 1 N–H and O–H groups in total. The predicted octanol–water partition coefficient (Wildman–Crippen LogP) is 2.16. The summed E-state index contributed by atoms with van der Waals surface area (Å²) in [4.78, 5) is 4.30. The highest BCUT2D eigenvalue weighted by Gasteiger charge is 2.25. The first-order valence-electron chi connectivity index (χ1n) is 5.88. The van der Waals surface area contributed by atoms with E-state index in [0.29, 0.717) is 5.56 Å². The van der Waals surface area contributed by atoms with Crippen LogP contribution in [0.25, 0.3) is 0 Å². The molecule has 0 aliphatic carbocycles. The minimum Gasteiger partial charge on any atom is -0.378 e. The Kier molecular flexibility index (Phi) is 3.30. The normalized spacial score (nSPS) is 23.4. The fourth-order valence-electron chi connectivity index (χ4n) is 2.20. The smallest absolute Gasteiger partial charge is 0.103 e. The van der Waals surface area contributed by atoms with Crippen molar-refractivity contribution in [3.05, 3.63) is 23.0 Å². The Morgan fingerprint density at radius 3 is 2.88 bits per heavy atom. The predicted molar refractivity (Wildman–Crippen MR) is 65.9 cm³/mol. The molecule has 2 unspecified atom stereocenters. The molecule has 0 aromatic carbocycles. The van der Waals surface area contributed by atoms with Crippen LogP contribution in [0.15, 0.2) is 6.07 Å². The average Bonchev–Trinajstić information content (AvgIpc) is 2.64. The molecule has 90 valence electrons. The lowest BCUT2D eigenvalue weighted by Gasteiger charge is -2.19. The van der Waals surface area contributed by atoms with Crippen LogP contribution in [-0.2, 0) is 4.74 Å². The summed E-state index contributed by atoms with van der Waals surface area (Å²) in [6.45, 7) is 6.64. The number of rotatable bonds is 2. The Morgan fingerprint density at radius 1 is 1.53 bits per heavy atom. The van der Waals surface area contributed by atoms with Gasteiger partial charge in [-0.05, 0) is 33.3 Å². The van der Waals surface area contributed by atoms with Gasteiger partial charge in [0.1, 0.15) is 6.07 Å². The third-order valence-electron chi connectivity index (χ3n) is 3.16. The first kappa shape index (κ1) is 11.9. The summed E-state index contributed by atoms with van der Waals surface area (Å²) < 4.78 is 5.51. The Bertz CT molecular complexity index is 464. The zero-order valence-corrected chi connectivity index (χ0v) is 10.4. The second kappa shape index (κ2) is 4.72. The maximum absolute atomic E-state index is 9.17. The highest BCUT2D eigenvalue weighted by atomic mass is 16.5. The van der Waals surface area contributed by atoms with E-state index in [2.05, 4.69) is 23.3 Å². The zero-order chi connectivity index (χ0) is 12.4. The summed E-state index contributed by atoms with van der Waals surface area (Å²) >= 11 is 0. The molecule has 1 aliphatic heterocycles. The minimum atomic E-state index is 0.190. The number of hydrogen-bond donors (Lipinski definition) is 1. The molecule has 2 rings (SSSR count). The quantitative estimate of drug-likeness (QED) is 0.847. The number of aryl methyl sites for hydroxylation is 2. The van der Waals surface area contributed by atoms with Crippen molar-refractivity contribution in [2.24, 2.45) is 0 Å². The van der Waals surface area contributed by atoms with Crippen molar-refractivity contribution >= 4 is 5.69 Å². The van der Waals surface area contributed by atoms with Gasteiger partial charge in [-0.2, -0.15) is 5.26 Å². The number of nitrogens with zero attached hydrogens (tertiary/aromatic N) is 2. The van der Waals surface area contributed by atoms with Gasteiger partial charge in [-0.3, -0.25) is 4.98 Å². The molecule has 1 aliphatic rings. The highest BCUT2D eigenvalue weighted by Crippen LogP contribution is 2.23. The van der Waals surface area contributed by atoms with Crippen LogP contribution in [0.1, 0.15) is 30.3 Å². The molecule has 4 nitrogen and oxygen atoms in total. The first-order chi connectivity index (χ1) is 8.11. The summed E-state index contributed by atoms with van der Waals surface area (Å²) in [7, 11) is 0. The van der Waals surface area contributed by atoms with Crippen LogP contribution in [0, 0.1) is 25.2 Å². The lowest BCUT2D eigenvalue weighted by molar-refractivity contribution is 0.121. The van der Waals surface area contributed by atoms with E-state index in [1.54, 1.807) is 0 Å². The van der Waals surface area contributed by atoms with Crippen LogP contribution in [0.2, 0.25) is 0 Å². The van der Waals surface area contributed by atoms with Crippen molar-refractivity contribution in [1.82, 2.24) is 4.98 Å². The van der Waals surface area contributed by atoms with Gasteiger partial charge in [0, 0.05) is 12.3 Å². The molecule has 2 heterocycles. The third kappa shape index (κ3) is 2.40. The summed E-state index contributed by atoms with van der Waals surface area (Å²) in [6.07, 6.45) is 1.17. The number of hydrogen-bond acceptors (Lipinski definition) is 4. The van der Waals surface area contributed by atoms with Crippen LogP contribution in [-0.4, -0.2) is 23.7 Å². The highest BCUT2D eigenvalue weighted by molar-refractivity contribution is 5.60. The van der Waals surface area contributed by atoms with E-state index in [1.807, 2.05) is 19.9 Å². The van der Waals surface area contributed by atoms with Crippen molar-refractivity contribution in [2.45, 2.75) is 39.3 Å². The van der Waals surface area contributed by atoms with Crippen molar-refractivity contribution in [2.75, 3.05) is 11.9 Å². The molecule has 0 amide bonds. The van der Waals surface area contributed by atoms with Crippen LogP contribution in [0.3, 0.4) is 0 Å². The van der Waals surface area contributed by atoms with Crippen LogP contribution in [0.5, 0.6) is 0 Å². The lowest BCUT2D eigenvalue weighted by Crippen LogP contribution is -2.27. The van der Waals surface area contributed by atoms with Gasteiger partial charge < -0.3 is 10.1 Å². The van der Waals surface area contributed by atoms with E-state index in [0.717, 1.165) is 30.1 Å². The molecular weight excluding hydrogens is 214 g/mol. The van der Waals surface area contributed by atoms with E-state index in [-0.39, 0.29) is 12.1 Å².